The number of amides is 2. The van der Waals surface area contributed by atoms with Gasteiger partial charge in [0.15, 0.2) is 0 Å². The molecule has 2 aromatic rings. The largest absolute Gasteiger partial charge is 0.329 e. The van der Waals surface area contributed by atoms with Gasteiger partial charge in [-0.15, -0.1) is 0 Å². The molecule has 4 nitrogen and oxygen atoms in total. The first-order chi connectivity index (χ1) is 8.83. The van der Waals surface area contributed by atoms with Crippen LogP contribution in [0.25, 0.3) is 11.1 Å². The van der Waals surface area contributed by atoms with Gasteiger partial charge in [0.05, 0.1) is 0 Å². The van der Waals surface area contributed by atoms with Crippen molar-refractivity contribution in [2.45, 2.75) is 0 Å². The maximum atomic E-state index is 10.5. The quantitative estimate of drug-likeness (QED) is 0.789. The molecule has 4 heteroatoms. The zero-order chi connectivity index (χ0) is 12.8. The molecule has 2 amide bonds. The van der Waals surface area contributed by atoms with E-state index in [0.29, 0.717) is 24.2 Å². The summed E-state index contributed by atoms with van der Waals surface area (Å²) in [5.41, 5.74) is 3.21. The van der Waals surface area contributed by atoms with E-state index < -0.39 is 0 Å². The van der Waals surface area contributed by atoms with Crippen molar-refractivity contribution in [2.75, 3.05) is 10.6 Å². The third-order valence-electron chi connectivity index (χ3n) is 2.49. The predicted octanol–water partition coefficient (Wildman–Crippen LogP) is 2.49. The Morgan fingerprint density at radius 3 is 1.78 bits per heavy atom. The molecule has 2 N–H and O–H groups in total. The lowest BCUT2D eigenvalue weighted by Gasteiger charge is -2.08. The summed E-state index contributed by atoms with van der Waals surface area (Å²) in [4.78, 5) is 21.0. The number of hydrogen-bond acceptors (Lipinski definition) is 2. The molecule has 0 bridgehead atoms. The average molecular weight is 240 g/mol. The van der Waals surface area contributed by atoms with Crippen molar-refractivity contribution < 1.29 is 9.59 Å². The molecule has 0 atom stereocenters. The van der Waals surface area contributed by atoms with Crippen LogP contribution in [0.4, 0.5) is 11.4 Å². The van der Waals surface area contributed by atoms with E-state index in [1.54, 1.807) is 6.07 Å². The highest BCUT2D eigenvalue weighted by molar-refractivity contribution is 5.83. The third kappa shape index (κ3) is 2.74. The normalized spacial score (nSPS) is 9.56. The average Bonchev–Trinajstić information content (AvgIpc) is 2.40. The SMILES string of the molecule is O=CNc1cc(NC=O)cc(-c2ccccc2)c1. The van der Waals surface area contributed by atoms with Crippen molar-refractivity contribution in [1.82, 2.24) is 0 Å². The van der Waals surface area contributed by atoms with Crippen LogP contribution in [0.15, 0.2) is 48.5 Å². The van der Waals surface area contributed by atoms with Crippen LogP contribution in [0.2, 0.25) is 0 Å². The summed E-state index contributed by atoms with van der Waals surface area (Å²) < 4.78 is 0. The van der Waals surface area contributed by atoms with E-state index in [0.717, 1.165) is 11.1 Å². The molecule has 18 heavy (non-hydrogen) atoms. The molecule has 0 saturated carbocycles. The van der Waals surface area contributed by atoms with Crippen LogP contribution in [0.3, 0.4) is 0 Å². The Balaban J connectivity index is 2.45. The van der Waals surface area contributed by atoms with E-state index in [1.807, 2.05) is 42.5 Å². The first kappa shape index (κ1) is 11.9. The molecule has 0 aliphatic rings. The van der Waals surface area contributed by atoms with Crippen LogP contribution >= 0.6 is 0 Å². The summed E-state index contributed by atoms with van der Waals surface area (Å²) in [6.45, 7) is 0. The van der Waals surface area contributed by atoms with Gasteiger partial charge >= 0.3 is 0 Å². The summed E-state index contributed by atoms with van der Waals surface area (Å²) in [5, 5.41) is 5.16. The van der Waals surface area contributed by atoms with Crippen molar-refractivity contribution in [3.63, 3.8) is 0 Å². The number of hydrogen-bond donors (Lipinski definition) is 2. The summed E-state index contributed by atoms with van der Waals surface area (Å²) in [7, 11) is 0. The molecule has 0 heterocycles. The molecule has 90 valence electrons. The number of benzene rings is 2. The number of carbonyl (C=O) groups excluding carboxylic acids is 2. The number of carbonyl (C=O) groups is 2. The zero-order valence-electron chi connectivity index (χ0n) is 9.59. The molecule has 0 unspecified atom stereocenters. The third-order valence-corrected chi connectivity index (χ3v) is 2.49. The molecule has 2 rings (SSSR count). The fourth-order valence-electron chi connectivity index (χ4n) is 1.73. The van der Waals surface area contributed by atoms with E-state index in [4.69, 9.17) is 0 Å². The number of nitrogens with one attached hydrogen (secondary N) is 2. The molecule has 2 aromatic carbocycles. The second-order valence-electron chi connectivity index (χ2n) is 3.69. The van der Waals surface area contributed by atoms with Gasteiger partial charge in [0.25, 0.3) is 0 Å². The van der Waals surface area contributed by atoms with Gasteiger partial charge in [-0.25, -0.2) is 0 Å². The van der Waals surface area contributed by atoms with Gasteiger partial charge in [0.1, 0.15) is 0 Å². The summed E-state index contributed by atoms with van der Waals surface area (Å²) in [5.74, 6) is 0. The van der Waals surface area contributed by atoms with Gasteiger partial charge in [-0.05, 0) is 29.3 Å². The van der Waals surface area contributed by atoms with Gasteiger partial charge in [-0.2, -0.15) is 0 Å². The predicted molar refractivity (Wildman–Crippen MR) is 71.3 cm³/mol. The van der Waals surface area contributed by atoms with Crippen LogP contribution in [0.1, 0.15) is 0 Å². The molecule has 0 aromatic heterocycles. The smallest absolute Gasteiger partial charge is 0.211 e. The second kappa shape index (κ2) is 5.63. The monoisotopic (exact) mass is 240 g/mol. The molecule has 0 fully saturated rings. The minimum absolute atomic E-state index is 0.606. The molecular formula is C14H12N2O2. The van der Waals surface area contributed by atoms with Crippen LogP contribution in [-0.4, -0.2) is 12.8 Å². The maximum Gasteiger partial charge on any atom is 0.211 e. The number of anilines is 2. The summed E-state index contributed by atoms with van der Waals surface area (Å²) in [6, 6.07) is 15.1. The Morgan fingerprint density at radius 2 is 1.28 bits per heavy atom. The Hall–Kier alpha value is -2.62. The molecule has 0 aliphatic carbocycles. The molecule has 0 saturated heterocycles. The van der Waals surface area contributed by atoms with Gasteiger partial charge in [-0.3, -0.25) is 9.59 Å². The van der Waals surface area contributed by atoms with Crippen molar-refractivity contribution in [2.24, 2.45) is 0 Å². The summed E-state index contributed by atoms with van der Waals surface area (Å²) in [6.07, 6.45) is 1.21. The van der Waals surface area contributed by atoms with Gasteiger partial charge in [-0.1, -0.05) is 30.3 Å². The lowest BCUT2D eigenvalue weighted by atomic mass is 10.0. The van der Waals surface area contributed by atoms with Gasteiger partial charge < -0.3 is 10.6 Å². The van der Waals surface area contributed by atoms with E-state index in [1.165, 1.54) is 0 Å². The highest BCUT2D eigenvalue weighted by Gasteiger charge is 2.02. The topological polar surface area (TPSA) is 58.2 Å². The molecule has 0 spiro atoms. The maximum absolute atomic E-state index is 10.5. The van der Waals surface area contributed by atoms with E-state index in [-0.39, 0.29) is 0 Å². The zero-order valence-corrected chi connectivity index (χ0v) is 9.59. The molecular weight excluding hydrogens is 228 g/mol. The fourth-order valence-corrected chi connectivity index (χ4v) is 1.73. The van der Waals surface area contributed by atoms with Crippen molar-refractivity contribution >= 4 is 24.2 Å². The highest BCUT2D eigenvalue weighted by Crippen LogP contribution is 2.26. The van der Waals surface area contributed by atoms with E-state index in [2.05, 4.69) is 10.6 Å². The van der Waals surface area contributed by atoms with Crippen molar-refractivity contribution in [3.8, 4) is 11.1 Å². The Bertz CT molecular complexity index is 525. The lowest BCUT2D eigenvalue weighted by molar-refractivity contribution is -0.106. The first-order valence-electron chi connectivity index (χ1n) is 5.44. The van der Waals surface area contributed by atoms with Crippen LogP contribution in [0.5, 0.6) is 0 Å². The standard InChI is InChI=1S/C14H12N2O2/c17-9-15-13-6-12(7-14(8-13)16-10-18)11-4-2-1-3-5-11/h1-10H,(H,15,17)(H,16,18). The Labute approximate surface area is 105 Å². The van der Waals surface area contributed by atoms with Crippen LogP contribution in [-0.2, 0) is 9.59 Å². The van der Waals surface area contributed by atoms with Gasteiger partial charge in [0, 0.05) is 11.4 Å². The van der Waals surface area contributed by atoms with Crippen LogP contribution < -0.4 is 10.6 Å². The molecule has 0 aliphatic heterocycles. The van der Waals surface area contributed by atoms with Crippen LogP contribution in [0, 0.1) is 0 Å². The first-order valence-corrected chi connectivity index (χ1v) is 5.44. The highest BCUT2D eigenvalue weighted by atomic mass is 16.1. The Kier molecular flexibility index (Phi) is 3.71. The Morgan fingerprint density at radius 1 is 0.722 bits per heavy atom. The van der Waals surface area contributed by atoms with E-state index >= 15 is 0 Å². The minimum Gasteiger partial charge on any atom is -0.329 e. The lowest BCUT2D eigenvalue weighted by Crippen LogP contribution is -1.98. The number of rotatable bonds is 5. The summed E-state index contributed by atoms with van der Waals surface area (Å²) >= 11 is 0. The second-order valence-corrected chi connectivity index (χ2v) is 3.69. The minimum atomic E-state index is 0.606. The molecule has 0 radical (unpaired) electrons. The van der Waals surface area contributed by atoms with Gasteiger partial charge in [0.2, 0.25) is 12.8 Å². The van der Waals surface area contributed by atoms with E-state index in [9.17, 15) is 9.59 Å². The fraction of sp³-hybridized carbons (Fsp3) is 0. The van der Waals surface area contributed by atoms with Crippen molar-refractivity contribution in [1.29, 1.82) is 0 Å². The van der Waals surface area contributed by atoms with Crippen molar-refractivity contribution in [3.05, 3.63) is 48.5 Å².